The summed E-state index contributed by atoms with van der Waals surface area (Å²) >= 11 is 5.57. The Morgan fingerprint density at radius 2 is 2.17 bits per heavy atom. The van der Waals surface area contributed by atoms with Gasteiger partial charge in [0, 0.05) is 11.8 Å². The first-order chi connectivity index (χ1) is 8.56. The normalized spacial score (nSPS) is 10.1. The lowest BCUT2D eigenvalue weighted by Gasteiger charge is -2.05. The second-order valence-electron chi connectivity index (χ2n) is 3.40. The largest absolute Gasteiger partial charge is 0.396 e. The summed E-state index contributed by atoms with van der Waals surface area (Å²) in [7, 11) is 0. The van der Waals surface area contributed by atoms with Gasteiger partial charge in [-0.25, -0.2) is 14.4 Å². The van der Waals surface area contributed by atoms with Gasteiger partial charge in [-0.2, -0.15) is 0 Å². The van der Waals surface area contributed by atoms with E-state index in [1.165, 1.54) is 24.4 Å². The van der Waals surface area contributed by atoms with E-state index in [4.69, 9.17) is 17.3 Å². The second-order valence-corrected chi connectivity index (χ2v) is 3.74. The highest BCUT2D eigenvalue weighted by Gasteiger charge is 2.09. The van der Waals surface area contributed by atoms with Crippen molar-refractivity contribution in [2.45, 2.75) is 0 Å². The van der Waals surface area contributed by atoms with Crippen LogP contribution in [0.1, 0.15) is 10.4 Å². The average molecular weight is 267 g/mol. The van der Waals surface area contributed by atoms with Crippen LogP contribution in [-0.2, 0) is 0 Å². The van der Waals surface area contributed by atoms with Gasteiger partial charge in [-0.05, 0) is 35.9 Å². The Balaban J connectivity index is 2.19. The number of hydrogen-bond acceptors (Lipinski definition) is 4. The van der Waals surface area contributed by atoms with Gasteiger partial charge < -0.3 is 11.1 Å². The van der Waals surface area contributed by atoms with Crippen LogP contribution in [0.25, 0.3) is 0 Å². The molecule has 1 amide bonds. The van der Waals surface area contributed by atoms with Crippen LogP contribution in [0.5, 0.6) is 0 Å². The summed E-state index contributed by atoms with van der Waals surface area (Å²) in [6, 6.07) is 5.25. The first-order valence-corrected chi connectivity index (χ1v) is 5.29. The summed E-state index contributed by atoms with van der Waals surface area (Å²) in [6.07, 6.45) is 1.40. The molecule has 0 bridgehead atoms. The molecule has 1 heterocycles. The summed E-state index contributed by atoms with van der Waals surface area (Å²) in [4.78, 5) is 19.2. The van der Waals surface area contributed by atoms with Crippen LogP contribution in [0, 0.1) is 5.82 Å². The standard InChI is InChI=1S/C11H8ClFN4O/c12-11-15-4-3-9(17-11)16-10(18)6-1-2-8(14)7(13)5-6/h1-5H,14H2,(H,15,16,17,18). The number of nitrogens with one attached hydrogen (secondary N) is 1. The quantitative estimate of drug-likeness (QED) is 0.644. The number of carbonyl (C=O) groups is 1. The molecule has 0 aliphatic carbocycles. The van der Waals surface area contributed by atoms with Crippen molar-refractivity contribution in [3.05, 3.63) is 47.1 Å². The number of benzene rings is 1. The van der Waals surface area contributed by atoms with Crippen molar-refractivity contribution >= 4 is 29.0 Å². The van der Waals surface area contributed by atoms with E-state index in [-0.39, 0.29) is 22.4 Å². The molecule has 0 unspecified atom stereocenters. The van der Waals surface area contributed by atoms with Gasteiger partial charge in [-0.3, -0.25) is 4.79 Å². The number of nitrogen functional groups attached to an aromatic ring is 1. The Morgan fingerprint density at radius 1 is 1.39 bits per heavy atom. The van der Waals surface area contributed by atoms with E-state index in [2.05, 4.69) is 15.3 Å². The number of amides is 1. The van der Waals surface area contributed by atoms with Crippen molar-refractivity contribution in [2.24, 2.45) is 0 Å². The minimum absolute atomic E-state index is 0.0105. The van der Waals surface area contributed by atoms with E-state index in [0.717, 1.165) is 6.07 Å². The van der Waals surface area contributed by atoms with Crippen molar-refractivity contribution < 1.29 is 9.18 Å². The Morgan fingerprint density at radius 3 is 2.83 bits per heavy atom. The lowest BCUT2D eigenvalue weighted by molar-refractivity contribution is 0.102. The van der Waals surface area contributed by atoms with Crippen LogP contribution in [-0.4, -0.2) is 15.9 Å². The summed E-state index contributed by atoms with van der Waals surface area (Å²) in [5.74, 6) is -0.927. The van der Waals surface area contributed by atoms with Crippen LogP contribution in [0.15, 0.2) is 30.5 Å². The molecular formula is C11H8ClFN4O. The van der Waals surface area contributed by atoms with Gasteiger partial charge in [-0.1, -0.05) is 0 Å². The van der Waals surface area contributed by atoms with E-state index < -0.39 is 11.7 Å². The smallest absolute Gasteiger partial charge is 0.256 e. The minimum Gasteiger partial charge on any atom is -0.396 e. The molecular weight excluding hydrogens is 259 g/mol. The first-order valence-electron chi connectivity index (χ1n) is 4.91. The van der Waals surface area contributed by atoms with Crippen molar-refractivity contribution in [1.82, 2.24) is 9.97 Å². The van der Waals surface area contributed by atoms with E-state index in [1.807, 2.05) is 0 Å². The number of nitrogens with two attached hydrogens (primary N) is 1. The molecule has 2 aromatic rings. The van der Waals surface area contributed by atoms with Gasteiger partial charge >= 0.3 is 0 Å². The van der Waals surface area contributed by atoms with E-state index in [9.17, 15) is 9.18 Å². The summed E-state index contributed by atoms with van der Waals surface area (Å²) < 4.78 is 13.2. The molecule has 1 aromatic heterocycles. The lowest BCUT2D eigenvalue weighted by atomic mass is 10.2. The van der Waals surface area contributed by atoms with Gasteiger partial charge in [-0.15, -0.1) is 0 Å². The van der Waals surface area contributed by atoms with Gasteiger partial charge in [0.05, 0.1) is 5.69 Å². The maximum atomic E-state index is 13.2. The Labute approximate surface area is 107 Å². The third-order valence-electron chi connectivity index (χ3n) is 2.13. The molecule has 0 atom stereocenters. The van der Waals surface area contributed by atoms with Crippen LogP contribution in [0.4, 0.5) is 15.9 Å². The molecule has 0 aliphatic rings. The van der Waals surface area contributed by atoms with Crippen LogP contribution in [0.3, 0.4) is 0 Å². The number of aromatic nitrogens is 2. The third-order valence-corrected chi connectivity index (χ3v) is 2.31. The van der Waals surface area contributed by atoms with Crippen molar-refractivity contribution in [1.29, 1.82) is 0 Å². The number of rotatable bonds is 2. The Kier molecular flexibility index (Phi) is 3.38. The third kappa shape index (κ3) is 2.72. The fraction of sp³-hybridized carbons (Fsp3) is 0. The first kappa shape index (κ1) is 12.3. The van der Waals surface area contributed by atoms with Gasteiger partial charge in [0.1, 0.15) is 11.6 Å². The predicted molar refractivity (Wildman–Crippen MR) is 65.8 cm³/mol. The van der Waals surface area contributed by atoms with E-state index >= 15 is 0 Å². The van der Waals surface area contributed by atoms with Crippen LogP contribution >= 0.6 is 11.6 Å². The van der Waals surface area contributed by atoms with E-state index in [1.54, 1.807) is 0 Å². The molecule has 0 radical (unpaired) electrons. The van der Waals surface area contributed by atoms with Gasteiger partial charge in [0.2, 0.25) is 5.28 Å². The highest BCUT2D eigenvalue weighted by Crippen LogP contribution is 2.13. The molecule has 18 heavy (non-hydrogen) atoms. The molecule has 0 saturated heterocycles. The predicted octanol–water partition coefficient (Wildman–Crippen LogP) is 2.10. The molecule has 3 N–H and O–H groups in total. The summed E-state index contributed by atoms with van der Waals surface area (Å²) in [5, 5.41) is 2.47. The molecule has 92 valence electrons. The average Bonchev–Trinajstić information content (AvgIpc) is 2.32. The lowest BCUT2D eigenvalue weighted by Crippen LogP contribution is -2.13. The maximum Gasteiger partial charge on any atom is 0.256 e. The molecule has 0 spiro atoms. The monoisotopic (exact) mass is 266 g/mol. The van der Waals surface area contributed by atoms with Gasteiger partial charge in [0.25, 0.3) is 5.91 Å². The minimum atomic E-state index is -0.650. The van der Waals surface area contributed by atoms with Crippen molar-refractivity contribution in [2.75, 3.05) is 11.1 Å². The number of halogens is 2. The molecule has 1 aromatic carbocycles. The van der Waals surface area contributed by atoms with Crippen molar-refractivity contribution in [3.63, 3.8) is 0 Å². The molecule has 5 nitrogen and oxygen atoms in total. The fourth-order valence-electron chi connectivity index (χ4n) is 1.26. The summed E-state index contributed by atoms with van der Waals surface area (Å²) in [6.45, 7) is 0. The topological polar surface area (TPSA) is 80.9 Å². The summed E-state index contributed by atoms with van der Waals surface area (Å²) in [5.41, 5.74) is 5.44. The van der Waals surface area contributed by atoms with Crippen molar-refractivity contribution in [3.8, 4) is 0 Å². The Bertz CT molecular complexity index is 605. The maximum absolute atomic E-state index is 13.2. The zero-order valence-electron chi connectivity index (χ0n) is 9.02. The molecule has 0 saturated carbocycles. The molecule has 2 rings (SSSR count). The number of anilines is 2. The number of carbonyl (C=O) groups excluding carboxylic acids is 1. The zero-order valence-corrected chi connectivity index (χ0v) is 9.78. The molecule has 0 aliphatic heterocycles. The fourth-order valence-corrected chi connectivity index (χ4v) is 1.41. The highest BCUT2D eigenvalue weighted by atomic mass is 35.5. The molecule has 0 fully saturated rings. The van der Waals surface area contributed by atoms with Crippen LogP contribution in [0.2, 0.25) is 5.28 Å². The number of hydrogen-bond donors (Lipinski definition) is 2. The highest BCUT2D eigenvalue weighted by molar-refractivity contribution is 6.28. The zero-order chi connectivity index (χ0) is 13.1. The Hall–Kier alpha value is -2.21. The molecule has 7 heteroatoms. The van der Waals surface area contributed by atoms with E-state index in [0.29, 0.717) is 0 Å². The SMILES string of the molecule is Nc1ccc(C(=O)Nc2ccnc(Cl)n2)cc1F. The number of nitrogens with zero attached hydrogens (tertiary/aromatic N) is 2. The second kappa shape index (κ2) is 4.97. The van der Waals surface area contributed by atoms with Gasteiger partial charge in [0.15, 0.2) is 0 Å². The van der Waals surface area contributed by atoms with Crippen LogP contribution < -0.4 is 11.1 Å².